The van der Waals surface area contributed by atoms with Gasteiger partial charge in [0.2, 0.25) is 17.6 Å². The standard InChI is InChI=1S/C36H47ClN4O6/c1-21(2)17-28(32(44)39-27(29(42)33(45)38-26-15-16-26)18-23-20-35(3,4)41-31(23)43)40-34(46)47-30(22-11-8-7-9-12-22)36(5,6)24-13-10-14-25(37)19-24/h7-14,19,21,23,26-28,30H,15-18,20H2,1-6H3,(H,38,45)(H,39,44)(H,40,46)(H,41,43). The van der Waals surface area contributed by atoms with E-state index < -0.39 is 58.8 Å². The lowest BCUT2D eigenvalue weighted by Crippen LogP contribution is -2.55. The van der Waals surface area contributed by atoms with Gasteiger partial charge in [-0.1, -0.05) is 81.8 Å². The van der Waals surface area contributed by atoms with Gasteiger partial charge in [0.1, 0.15) is 12.1 Å². The molecule has 0 bridgehead atoms. The number of Topliss-reactive ketones (excluding diaryl/α,β-unsaturated/α-hetero) is 1. The fourth-order valence-corrected chi connectivity index (χ4v) is 6.29. The van der Waals surface area contributed by atoms with Gasteiger partial charge in [-0.25, -0.2) is 4.79 Å². The number of rotatable bonds is 14. The Morgan fingerprint density at radius 2 is 1.68 bits per heavy atom. The zero-order valence-electron chi connectivity index (χ0n) is 28.0. The molecule has 4 atom stereocenters. The average molecular weight is 667 g/mol. The fraction of sp³-hybridized carbons (Fsp3) is 0.528. The Labute approximate surface area is 282 Å². The van der Waals surface area contributed by atoms with E-state index in [2.05, 4.69) is 21.3 Å². The molecule has 0 aromatic heterocycles. The Balaban J connectivity index is 1.54. The van der Waals surface area contributed by atoms with Crippen molar-refractivity contribution in [3.8, 4) is 0 Å². The monoisotopic (exact) mass is 666 g/mol. The first-order valence-electron chi connectivity index (χ1n) is 16.3. The van der Waals surface area contributed by atoms with Crippen LogP contribution in [0.15, 0.2) is 54.6 Å². The Kier molecular flexibility index (Phi) is 11.4. The van der Waals surface area contributed by atoms with Crippen LogP contribution in [0.4, 0.5) is 4.79 Å². The molecule has 254 valence electrons. The van der Waals surface area contributed by atoms with E-state index in [0.717, 1.165) is 24.0 Å². The molecule has 1 aliphatic heterocycles. The predicted octanol–water partition coefficient (Wildman–Crippen LogP) is 5.14. The molecule has 1 aliphatic carbocycles. The third-order valence-corrected chi connectivity index (χ3v) is 8.98. The number of ketones is 1. The van der Waals surface area contributed by atoms with Crippen LogP contribution >= 0.6 is 11.6 Å². The summed E-state index contributed by atoms with van der Waals surface area (Å²) in [5.41, 5.74) is 0.409. The summed E-state index contributed by atoms with van der Waals surface area (Å²) in [6.45, 7) is 11.5. The summed E-state index contributed by atoms with van der Waals surface area (Å²) in [7, 11) is 0. The summed E-state index contributed by atoms with van der Waals surface area (Å²) >= 11 is 6.31. The van der Waals surface area contributed by atoms with Gasteiger partial charge in [-0.05, 0) is 75.1 Å². The minimum absolute atomic E-state index is 0.0207. The quantitative estimate of drug-likeness (QED) is 0.206. The van der Waals surface area contributed by atoms with Crippen LogP contribution in [0.5, 0.6) is 0 Å². The highest BCUT2D eigenvalue weighted by Crippen LogP contribution is 2.40. The van der Waals surface area contributed by atoms with Crippen molar-refractivity contribution >= 4 is 41.2 Å². The smallest absolute Gasteiger partial charge is 0.408 e. The molecule has 1 saturated heterocycles. The Morgan fingerprint density at radius 3 is 2.26 bits per heavy atom. The van der Waals surface area contributed by atoms with Gasteiger partial charge in [0, 0.05) is 27.9 Å². The Bertz CT molecular complexity index is 1470. The van der Waals surface area contributed by atoms with Crippen LogP contribution < -0.4 is 21.3 Å². The zero-order valence-corrected chi connectivity index (χ0v) is 28.8. The number of alkyl carbamates (subject to hydrolysis) is 1. The van der Waals surface area contributed by atoms with E-state index in [1.54, 1.807) is 6.07 Å². The second kappa shape index (κ2) is 14.9. The summed E-state index contributed by atoms with van der Waals surface area (Å²) in [6, 6.07) is 14.3. The van der Waals surface area contributed by atoms with E-state index in [4.69, 9.17) is 16.3 Å². The van der Waals surface area contributed by atoms with Crippen molar-refractivity contribution in [1.29, 1.82) is 0 Å². The van der Waals surface area contributed by atoms with Gasteiger partial charge in [-0.2, -0.15) is 0 Å². The van der Waals surface area contributed by atoms with E-state index in [-0.39, 0.29) is 30.7 Å². The molecule has 1 saturated carbocycles. The predicted molar refractivity (Wildman–Crippen MR) is 180 cm³/mol. The maximum atomic E-state index is 13.8. The van der Waals surface area contributed by atoms with Crippen LogP contribution in [0.1, 0.15) is 90.9 Å². The third kappa shape index (κ3) is 9.79. The summed E-state index contributed by atoms with van der Waals surface area (Å²) in [5.74, 6) is -3.09. The highest BCUT2D eigenvalue weighted by molar-refractivity contribution is 6.38. The van der Waals surface area contributed by atoms with E-state index in [1.165, 1.54) is 0 Å². The van der Waals surface area contributed by atoms with Crippen molar-refractivity contribution in [2.24, 2.45) is 11.8 Å². The highest BCUT2D eigenvalue weighted by Gasteiger charge is 2.42. The number of nitrogens with one attached hydrogen (secondary N) is 4. The van der Waals surface area contributed by atoms with Gasteiger partial charge in [0.15, 0.2) is 0 Å². The van der Waals surface area contributed by atoms with Crippen LogP contribution in [-0.4, -0.2) is 53.3 Å². The third-order valence-electron chi connectivity index (χ3n) is 8.75. The van der Waals surface area contributed by atoms with E-state index in [1.807, 2.05) is 90.1 Å². The van der Waals surface area contributed by atoms with Crippen LogP contribution in [-0.2, 0) is 29.3 Å². The van der Waals surface area contributed by atoms with Crippen molar-refractivity contribution in [2.75, 3.05) is 0 Å². The summed E-state index contributed by atoms with van der Waals surface area (Å²) in [6.07, 6.45) is 0.641. The molecule has 0 radical (unpaired) electrons. The number of benzene rings is 2. The SMILES string of the molecule is CC(C)CC(NC(=O)OC(c1ccccc1)C(C)(C)c1cccc(Cl)c1)C(=O)NC(CC1CC(C)(C)NC1=O)C(=O)C(=O)NC1CC1. The molecular formula is C36H47ClN4O6. The summed E-state index contributed by atoms with van der Waals surface area (Å²) in [5, 5.41) is 11.6. The van der Waals surface area contributed by atoms with Crippen LogP contribution in [0.3, 0.4) is 0 Å². The molecule has 4 N–H and O–H groups in total. The molecule has 4 unspecified atom stereocenters. The van der Waals surface area contributed by atoms with Gasteiger partial charge in [0.25, 0.3) is 5.91 Å². The number of carbonyl (C=O) groups is 5. The Hall–Kier alpha value is -3.92. The second-order valence-electron chi connectivity index (χ2n) is 14.4. The minimum atomic E-state index is -1.25. The fourth-order valence-electron chi connectivity index (χ4n) is 6.10. The first-order chi connectivity index (χ1) is 22.1. The molecule has 47 heavy (non-hydrogen) atoms. The molecular weight excluding hydrogens is 620 g/mol. The van der Waals surface area contributed by atoms with Crippen molar-refractivity contribution in [1.82, 2.24) is 21.3 Å². The molecule has 2 aliphatic rings. The lowest BCUT2D eigenvalue weighted by molar-refractivity contribution is -0.141. The number of halogens is 1. The van der Waals surface area contributed by atoms with Crippen LogP contribution in [0, 0.1) is 11.8 Å². The molecule has 2 aromatic carbocycles. The topological polar surface area (TPSA) is 143 Å². The van der Waals surface area contributed by atoms with Gasteiger partial charge in [0.05, 0.1) is 6.04 Å². The summed E-state index contributed by atoms with van der Waals surface area (Å²) in [4.78, 5) is 66.3. The molecule has 11 heteroatoms. The lowest BCUT2D eigenvalue weighted by Gasteiger charge is -2.35. The van der Waals surface area contributed by atoms with Gasteiger partial charge in [-0.15, -0.1) is 0 Å². The maximum absolute atomic E-state index is 13.8. The average Bonchev–Trinajstić information content (AvgIpc) is 3.77. The summed E-state index contributed by atoms with van der Waals surface area (Å²) < 4.78 is 6.09. The zero-order chi connectivity index (χ0) is 34.5. The molecule has 2 fully saturated rings. The highest BCUT2D eigenvalue weighted by atomic mass is 35.5. The van der Waals surface area contributed by atoms with Crippen molar-refractivity contribution in [2.45, 2.75) is 109 Å². The largest absolute Gasteiger partial charge is 0.440 e. The molecule has 4 rings (SSSR count). The second-order valence-corrected chi connectivity index (χ2v) is 14.9. The maximum Gasteiger partial charge on any atom is 0.408 e. The van der Waals surface area contributed by atoms with E-state index in [9.17, 15) is 24.0 Å². The van der Waals surface area contributed by atoms with Gasteiger partial charge < -0.3 is 26.0 Å². The molecule has 1 heterocycles. The number of hydrogen-bond donors (Lipinski definition) is 4. The van der Waals surface area contributed by atoms with E-state index in [0.29, 0.717) is 11.4 Å². The first kappa shape index (κ1) is 35.9. The van der Waals surface area contributed by atoms with Crippen molar-refractivity contribution in [3.05, 3.63) is 70.7 Å². The first-order valence-corrected chi connectivity index (χ1v) is 16.7. The van der Waals surface area contributed by atoms with Gasteiger partial charge >= 0.3 is 6.09 Å². The number of carbonyl (C=O) groups excluding carboxylic acids is 5. The number of amides is 4. The number of ether oxygens (including phenoxy) is 1. The van der Waals surface area contributed by atoms with Gasteiger partial charge in [-0.3, -0.25) is 19.2 Å². The van der Waals surface area contributed by atoms with Crippen LogP contribution in [0.25, 0.3) is 0 Å². The van der Waals surface area contributed by atoms with E-state index >= 15 is 0 Å². The minimum Gasteiger partial charge on any atom is -0.440 e. The molecule has 2 aromatic rings. The number of hydrogen-bond acceptors (Lipinski definition) is 6. The molecule has 4 amide bonds. The van der Waals surface area contributed by atoms with Crippen molar-refractivity contribution in [3.63, 3.8) is 0 Å². The molecule has 10 nitrogen and oxygen atoms in total. The van der Waals surface area contributed by atoms with Crippen molar-refractivity contribution < 1.29 is 28.7 Å². The molecule has 0 spiro atoms. The Morgan fingerprint density at radius 1 is 1.00 bits per heavy atom. The van der Waals surface area contributed by atoms with Crippen LogP contribution in [0.2, 0.25) is 5.02 Å². The lowest BCUT2D eigenvalue weighted by atomic mass is 9.76. The normalized spacial score (nSPS) is 19.2.